The van der Waals surface area contributed by atoms with Crippen LogP contribution in [0.2, 0.25) is 0 Å². The van der Waals surface area contributed by atoms with Crippen molar-refractivity contribution >= 4 is 0 Å². The minimum atomic E-state index is 0.340. The third kappa shape index (κ3) is 3.21. The zero-order chi connectivity index (χ0) is 8.85. The molecule has 0 heterocycles. The highest BCUT2D eigenvalue weighted by Gasteiger charge is 2.18. The first-order chi connectivity index (χ1) is 5.17. The predicted molar refractivity (Wildman–Crippen MR) is 48.8 cm³/mol. The first kappa shape index (κ1) is 10.9. The normalized spacial score (nSPS) is 19.4. The van der Waals surface area contributed by atoms with Crippen LogP contribution in [-0.4, -0.2) is 26.3 Å². The summed E-state index contributed by atoms with van der Waals surface area (Å²) < 4.78 is 5.26. The van der Waals surface area contributed by atoms with E-state index >= 15 is 0 Å². The molecule has 1 N–H and O–H groups in total. The number of nitrogens with one attached hydrogen (secondary N) is 1. The highest BCUT2D eigenvalue weighted by atomic mass is 16.5. The van der Waals surface area contributed by atoms with Gasteiger partial charge in [-0.05, 0) is 26.3 Å². The van der Waals surface area contributed by atoms with Crippen LogP contribution >= 0.6 is 0 Å². The van der Waals surface area contributed by atoms with Crippen LogP contribution in [-0.2, 0) is 4.74 Å². The summed E-state index contributed by atoms with van der Waals surface area (Å²) in [6.07, 6.45) is 1.50. The Kier molecular flexibility index (Phi) is 5.51. The van der Waals surface area contributed by atoms with Crippen LogP contribution in [0.3, 0.4) is 0 Å². The topological polar surface area (TPSA) is 21.3 Å². The Hall–Kier alpha value is -0.0800. The third-order valence-corrected chi connectivity index (χ3v) is 2.56. The van der Waals surface area contributed by atoms with E-state index in [1.807, 2.05) is 7.05 Å². The van der Waals surface area contributed by atoms with Gasteiger partial charge in [-0.1, -0.05) is 13.8 Å². The molecule has 0 bridgehead atoms. The van der Waals surface area contributed by atoms with E-state index in [1.165, 1.54) is 0 Å². The van der Waals surface area contributed by atoms with Gasteiger partial charge in [0.2, 0.25) is 0 Å². The van der Waals surface area contributed by atoms with Crippen molar-refractivity contribution in [3.05, 3.63) is 0 Å². The second-order valence-corrected chi connectivity index (χ2v) is 3.10. The molecule has 2 heteroatoms. The van der Waals surface area contributed by atoms with Crippen molar-refractivity contribution in [3.63, 3.8) is 0 Å². The smallest absolute Gasteiger partial charge is 0.0583 e. The lowest BCUT2D eigenvalue weighted by molar-refractivity contribution is 0.0580. The number of ether oxygens (including phenoxy) is 1. The average molecular weight is 159 g/mol. The van der Waals surface area contributed by atoms with Gasteiger partial charge in [0.15, 0.2) is 0 Å². The maximum atomic E-state index is 5.26. The summed E-state index contributed by atoms with van der Waals surface area (Å²) in [7, 11) is 3.77. The Balaban J connectivity index is 3.86. The van der Waals surface area contributed by atoms with Crippen LogP contribution in [0.25, 0.3) is 0 Å². The van der Waals surface area contributed by atoms with Crippen molar-refractivity contribution in [1.82, 2.24) is 5.32 Å². The molecule has 11 heavy (non-hydrogen) atoms. The van der Waals surface area contributed by atoms with Crippen molar-refractivity contribution in [2.45, 2.75) is 39.3 Å². The fourth-order valence-corrected chi connectivity index (χ4v) is 1.38. The second kappa shape index (κ2) is 5.56. The van der Waals surface area contributed by atoms with Crippen molar-refractivity contribution < 1.29 is 4.74 Å². The van der Waals surface area contributed by atoms with Crippen LogP contribution in [0.4, 0.5) is 0 Å². The lowest BCUT2D eigenvalue weighted by Gasteiger charge is -2.26. The van der Waals surface area contributed by atoms with E-state index in [4.69, 9.17) is 4.74 Å². The maximum Gasteiger partial charge on any atom is 0.0583 e. The zero-order valence-corrected chi connectivity index (χ0v) is 8.35. The molecule has 0 amide bonds. The second-order valence-electron chi connectivity index (χ2n) is 3.10. The molecule has 0 rings (SSSR count). The van der Waals surface area contributed by atoms with Crippen LogP contribution in [0.1, 0.15) is 27.2 Å². The van der Waals surface area contributed by atoms with Crippen molar-refractivity contribution in [1.29, 1.82) is 0 Å². The number of methoxy groups -OCH3 is 1. The zero-order valence-electron chi connectivity index (χ0n) is 8.35. The van der Waals surface area contributed by atoms with Gasteiger partial charge in [-0.25, -0.2) is 0 Å². The van der Waals surface area contributed by atoms with Gasteiger partial charge in [-0.2, -0.15) is 0 Å². The highest BCUT2D eigenvalue weighted by Crippen LogP contribution is 2.13. The van der Waals surface area contributed by atoms with Gasteiger partial charge in [-0.3, -0.25) is 0 Å². The predicted octanol–water partition coefficient (Wildman–Crippen LogP) is 1.66. The van der Waals surface area contributed by atoms with Crippen molar-refractivity contribution in [2.24, 2.45) is 5.92 Å². The Labute approximate surface area is 70.3 Å². The molecule has 68 valence electrons. The molecule has 0 fully saturated rings. The van der Waals surface area contributed by atoms with Gasteiger partial charge >= 0.3 is 0 Å². The summed E-state index contributed by atoms with van der Waals surface area (Å²) in [4.78, 5) is 0. The molecular weight excluding hydrogens is 138 g/mol. The lowest BCUT2D eigenvalue weighted by atomic mass is 9.95. The van der Waals surface area contributed by atoms with Gasteiger partial charge < -0.3 is 10.1 Å². The molecule has 3 unspecified atom stereocenters. The van der Waals surface area contributed by atoms with Gasteiger partial charge in [0.05, 0.1) is 6.10 Å². The molecule has 3 atom stereocenters. The van der Waals surface area contributed by atoms with Crippen molar-refractivity contribution in [3.8, 4) is 0 Å². The van der Waals surface area contributed by atoms with Gasteiger partial charge in [0, 0.05) is 13.2 Å². The van der Waals surface area contributed by atoms with Crippen LogP contribution in [0.15, 0.2) is 0 Å². The fourth-order valence-electron chi connectivity index (χ4n) is 1.38. The molecule has 0 saturated carbocycles. The monoisotopic (exact) mass is 159 g/mol. The van der Waals surface area contributed by atoms with E-state index in [2.05, 4.69) is 26.1 Å². The summed E-state index contributed by atoms with van der Waals surface area (Å²) >= 11 is 0. The SMILES string of the molecule is CCC(NC)C(C)C(C)OC. The van der Waals surface area contributed by atoms with Crippen LogP contribution in [0.5, 0.6) is 0 Å². The minimum Gasteiger partial charge on any atom is -0.381 e. The highest BCUT2D eigenvalue weighted by molar-refractivity contribution is 4.74. The summed E-state index contributed by atoms with van der Waals surface area (Å²) in [5.74, 6) is 0.579. The molecule has 0 aliphatic rings. The van der Waals surface area contributed by atoms with Gasteiger partial charge in [-0.15, -0.1) is 0 Å². The molecule has 0 aliphatic heterocycles. The molecule has 0 radical (unpaired) electrons. The third-order valence-electron chi connectivity index (χ3n) is 2.56. The molecule has 0 aromatic carbocycles. The molecule has 0 spiro atoms. The summed E-state index contributed by atoms with van der Waals surface area (Å²) in [6.45, 7) is 6.53. The Morgan fingerprint density at radius 3 is 2.18 bits per heavy atom. The van der Waals surface area contributed by atoms with E-state index in [0.29, 0.717) is 18.1 Å². The van der Waals surface area contributed by atoms with Crippen molar-refractivity contribution in [2.75, 3.05) is 14.2 Å². The van der Waals surface area contributed by atoms with E-state index < -0.39 is 0 Å². The largest absolute Gasteiger partial charge is 0.381 e. The molecule has 2 nitrogen and oxygen atoms in total. The van der Waals surface area contributed by atoms with E-state index in [-0.39, 0.29) is 0 Å². The number of rotatable bonds is 5. The Bertz CT molecular complexity index is 91.6. The van der Waals surface area contributed by atoms with Crippen LogP contribution < -0.4 is 5.32 Å². The lowest BCUT2D eigenvalue weighted by Crippen LogP contribution is -2.37. The molecule has 0 aliphatic carbocycles. The summed E-state index contributed by atoms with van der Waals surface area (Å²) in [5, 5.41) is 3.29. The molecule has 0 aromatic heterocycles. The standard InChI is InChI=1S/C9H21NO/c1-6-9(10-4)7(2)8(3)11-5/h7-10H,6H2,1-5H3. The first-order valence-corrected chi connectivity index (χ1v) is 4.37. The van der Waals surface area contributed by atoms with E-state index in [0.717, 1.165) is 6.42 Å². The Morgan fingerprint density at radius 2 is 1.91 bits per heavy atom. The Morgan fingerprint density at radius 1 is 1.36 bits per heavy atom. The number of hydrogen-bond donors (Lipinski definition) is 1. The first-order valence-electron chi connectivity index (χ1n) is 4.37. The molecule has 0 saturated heterocycles. The summed E-state index contributed by atoms with van der Waals surface area (Å²) in [6, 6.07) is 0.574. The molecular formula is C9H21NO. The fraction of sp³-hybridized carbons (Fsp3) is 1.00. The van der Waals surface area contributed by atoms with E-state index in [1.54, 1.807) is 7.11 Å². The minimum absolute atomic E-state index is 0.340. The quantitative estimate of drug-likeness (QED) is 0.658. The maximum absolute atomic E-state index is 5.26. The van der Waals surface area contributed by atoms with Crippen LogP contribution in [0, 0.1) is 5.92 Å². The summed E-state index contributed by atoms with van der Waals surface area (Å²) in [5.41, 5.74) is 0. The van der Waals surface area contributed by atoms with E-state index in [9.17, 15) is 0 Å². The number of hydrogen-bond acceptors (Lipinski definition) is 2. The van der Waals surface area contributed by atoms with Gasteiger partial charge in [0.1, 0.15) is 0 Å². The molecule has 0 aromatic rings. The average Bonchev–Trinajstić information content (AvgIpc) is 2.05. The van der Waals surface area contributed by atoms with Gasteiger partial charge in [0.25, 0.3) is 0 Å².